The highest BCUT2D eigenvalue weighted by molar-refractivity contribution is 5.77. The maximum atomic E-state index is 11.9. The summed E-state index contributed by atoms with van der Waals surface area (Å²) in [5, 5.41) is 3.03. The van der Waals surface area contributed by atoms with E-state index in [2.05, 4.69) is 5.32 Å². The normalized spacial score (nSPS) is 10.3. The van der Waals surface area contributed by atoms with Crippen LogP contribution in [-0.2, 0) is 16.1 Å². The fraction of sp³-hybridized carbons (Fsp3) is 0.529. The fourth-order valence-corrected chi connectivity index (χ4v) is 1.97. The molecule has 1 N–H and O–H groups in total. The van der Waals surface area contributed by atoms with Crippen LogP contribution >= 0.6 is 0 Å². The van der Waals surface area contributed by atoms with E-state index in [1.54, 1.807) is 19.0 Å². The van der Waals surface area contributed by atoms with Gasteiger partial charge in [-0.25, -0.2) is 4.79 Å². The molecule has 128 valence electrons. The number of carbonyl (C=O) groups excluding carboxylic acids is 2. The molecule has 0 fully saturated rings. The van der Waals surface area contributed by atoms with Crippen molar-refractivity contribution in [2.45, 2.75) is 20.5 Å². The van der Waals surface area contributed by atoms with Crippen molar-refractivity contribution in [3.63, 3.8) is 0 Å². The van der Waals surface area contributed by atoms with Gasteiger partial charge in [-0.1, -0.05) is 26.0 Å². The Kier molecular flexibility index (Phi) is 7.38. The van der Waals surface area contributed by atoms with Gasteiger partial charge in [0, 0.05) is 45.8 Å². The van der Waals surface area contributed by atoms with Gasteiger partial charge in [-0.15, -0.1) is 0 Å². The smallest absolute Gasteiger partial charge is 0.409 e. The zero-order valence-corrected chi connectivity index (χ0v) is 14.6. The third-order valence-corrected chi connectivity index (χ3v) is 3.56. The van der Waals surface area contributed by atoms with Crippen LogP contribution in [0.5, 0.6) is 0 Å². The molecule has 0 heterocycles. The van der Waals surface area contributed by atoms with E-state index in [-0.39, 0.29) is 18.4 Å². The van der Waals surface area contributed by atoms with Crippen LogP contribution in [0.15, 0.2) is 24.3 Å². The first-order valence-corrected chi connectivity index (χ1v) is 7.74. The van der Waals surface area contributed by atoms with Crippen molar-refractivity contribution in [1.29, 1.82) is 0 Å². The summed E-state index contributed by atoms with van der Waals surface area (Å²) < 4.78 is 5.27. The molecule has 1 aromatic carbocycles. The van der Waals surface area contributed by atoms with Gasteiger partial charge in [0.25, 0.3) is 0 Å². The highest BCUT2D eigenvalue weighted by Gasteiger charge is 2.15. The second-order valence-corrected chi connectivity index (χ2v) is 5.84. The molecule has 0 aliphatic heterocycles. The minimum atomic E-state index is -0.395. The van der Waals surface area contributed by atoms with Gasteiger partial charge >= 0.3 is 6.09 Å². The third-order valence-electron chi connectivity index (χ3n) is 3.56. The Labute approximate surface area is 138 Å². The predicted molar refractivity (Wildman–Crippen MR) is 91.3 cm³/mol. The topological polar surface area (TPSA) is 61.9 Å². The van der Waals surface area contributed by atoms with Crippen LogP contribution in [0.4, 0.5) is 10.5 Å². The van der Waals surface area contributed by atoms with Crippen LogP contribution in [0.25, 0.3) is 0 Å². The first-order chi connectivity index (χ1) is 10.8. The molecule has 0 saturated carbocycles. The van der Waals surface area contributed by atoms with Crippen LogP contribution in [0.2, 0.25) is 0 Å². The summed E-state index contributed by atoms with van der Waals surface area (Å²) in [7, 11) is 5.26. The third kappa shape index (κ3) is 6.18. The summed E-state index contributed by atoms with van der Waals surface area (Å²) >= 11 is 0. The molecule has 0 aliphatic carbocycles. The number of hydrogen-bond acceptors (Lipinski definition) is 4. The summed E-state index contributed by atoms with van der Waals surface area (Å²) in [4.78, 5) is 26.8. The summed E-state index contributed by atoms with van der Waals surface area (Å²) in [6, 6.07) is 7.68. The Morgan fingerprint density at radius 3 is 2.17 bits per heavy atom. The average Bonchev–Trinajstić information content (AvgIpc) is 2.56. The van der Waals surface area contributed by atoms with Gasteiger partial charge in [0.05, 0.1) is 0 Å². The van der Waals surface area contributed by atoms with Crippen molar-refractivity contribution < 1.29 is 14.3 Å². The highest BCUT2D eigenvalue weighted by atomic mass is 16.6. The number of ether oxygens (including phenoxy) is 1. The molecule has 0 radical (unpaired) electrons. The Morgan fingerprint density at radius 1 is 1.09 bits per heavy atom. The minimum absolute atomic E-state index is 0.0437. The standard InChI is InChI=1S/C17H27N3O3/c1-13(2)16(21)19(4)10-11-20(5)17(22)23-12-14-6-8-15(18-3)9-7-14/h6-9,13,18H,10-12H2,1-5H3. The first kappa shape index (κ1) is 18.8. The Hall–Kier alpha value is -2.24. The monoisotopic (exact) mass is 321 g/mol. The van der Waals surface area contributed by atoms with E-state index < -0.39 is 6.09 Å². The number of hydrogen-bond donors (Lipinski definition) is 1. The molecule has 0 aliphatic rings. The van der Waals surface area contributed by atoms with Gasteiger partial charge in [0.2, 0.25) is 5.91 Å². The number of anilines is 1. The quantitative estimate of drug-likeness (QED) is 0.838. The number of nitrogens with zero attached hydrogens (tertiary/aromatic N) is 2. The van der Waals surface area contributed by atoms with Crippen molar-refractivity contribution in [3.8, 4) is 0 Å². The van der Waals surface area contributed by atoms with Gasteiger partial charge in [0.1, 0.15) is 6.61 Å². The number of benzene rings is 1. The maximum absolute atomic E-state index is 11.9. The molecule has 0 unspecified atom stereocenters. The number of rotatable bonds is 7. The Balaban J connectivity index is 2.37. The largest absolute Gasteiger partial charge is 0.445 e. The van der Waals surface area contributed by atoms with Crippen LogP contribution in [-0.4, -0.2) is 56.0 Å². The van der Waals surface area contributed by atoms with E-state index in [9.17, 15) is 9.59 Å². The van der Waals surface area contributed by atoms with E-state index >= 15 is 0 Å². The molecule has 0 saturated heterocycles. The second-order valence-electron chi connectivity index (χ2n) is 5.84. The number of amides is 2. The van der Waals surface area contributed by atoms with Crippen LogP contribution in [0.1, 0.15) is 19.4 Å². The van der Waals surface area contributed by atoms with Gasteiger partial charge < -0.3 is 19.9 Å². The molecule has 0 atom stereocenters. The van der Waals surface area contributed by atoms with E-state index in [1.807, 2.05) is 45.2 Å². The SMILES string of the molecule is CNc1ccc(COC(=O)N(C)CCN(C)C(=O)C(C)C)cc1. The van der Waals surface area contributed by atoms with Gasteiger partial charge in [-0.05, 0) is 17.7 Å². The van der Waals surface area contributed by atoms with Crippen molar-refractivity contribution in [2.24, 2.45) is 5.92 Å². The molecule has 0 aromatic heterocycles. The maximum Gasteiger partial charge on any atom is 0.409 e. The molecule has 23 heavy (non-hydrogen) atoms. The summed E-state index contributed by atoms with van der Waals surface area (Å²) in [5.74, 6) is 0.0224. The minimum Gasteiger partial charge on any atom is -0.445 e. The number of carbonyl (C=O) groups is 2. The van der Waals surface area contributed by atoms with Crippen molar-refractivity contribution in [1.82, 2.24) is 9.80 Å². The zero-order chi connectivity index (χ0) is 17.4. The molecular weight excluding hydrogens is 294 g/mol. The summed E-state index contributed by atoms with van der Waals surface area (Å²) in [6.07, 6.45) is -0.395. The molecular formula is C17H27N3O3. The molecule has 1 aromatic rings. The number of likely N-dealkylation sites (N-methyl/N-ethyl adjacent to an activating group) is 2. The lowest BCUT2D eigenvalue weighted by Gasteiger charge is -2.23. The van der Waals surface area contributed by atoms with Crippen molar-refractivity contribution in [2.75, 3.05) is 39.5 Å². The zero-order valence-electron chi connectivity index (χ0n) is 14.6. The lowest BCUT2D eigenvalue weighted by Crippen LogP contribution is -2.39. The van der Waals surface area contributed by atoms with E-state index in [4.69, 9.17) is 4.74 Å². The lowest BCUT2D eigenvalue weighted by molar-refractivity contribution is -0.133. The Morgan fingerprint density at radius 2 is 1.65 bits per heavy atom. The van der Waals surface area contributed by atoms with Crippen molar-refractivity contribution >= 4 is 17.7 Å². The van der Waals surface area contributed by atoms with Gasteiger partial charge in [-0.2, -0.15) is 0 Å². The molecule has 6 nitrogen and oxygen atoms in total. The Bertz CT molecular complexity index is 514. The van der Waals surface area contributed by atoms with Crippen LogP contribution in [0, 0.1) is 5.92 Å². The summed E-state index contributed by atoms with van der Waals surface area (Å²) in [5.41, 5.74) is 1.94. The van der Waals surface area contributed by atoms with Gasteiger partial charge in [0.15, 0.2) is 0 Å². The molecule has 2 amide bonds. The second kappa shape index (κ2) is 9.02. The lowest BCUT2D eigenvalue weighted by atomic mass is 10.2. The summed E-state index contributed by atoms with van der Waals surface area (Å²) in [6.45, 7) is 4.87. The van der Waals surface area contributed by atoms with E-state index in [0.717, 1.165) is 11.3 Å². The molecule has 0 spiro atoms. The van der Waals surface area contributed by atoms with E-state index in [1.165, 1.54) is 4.90 Å². The van der Waals surface area contributed by atoms with E-state index in [0.29, 0.717) is 13.1 Å². The van der Waals surface area contributed by atoms with Gasteiger partial charge in [-0.3, -0.25) is 4.79 Å². The molecule has 0 bridgehead atoms. The first-order valence-electron chi connectivity index (χ1n) is 7.74. The molecule has 6 heteroatoms. The predicted octanol–water partition coefficient (Wildman–Crippen LogP) is 2.41. The van der Waals surface area contributed by atoms with Crippen molar-refractivity contribution in [3.05, 3.63) is 29.8 Å². The fourth-order valence-electron chi connectivity index (χ4n) is 1.97. The van der Waals surface area contributed by atoms with Crippen LogP contribution < -0.4 is 5.32 Å². The number of nitrogens with one attached hydrogen (secondary N) is 1. The van der Waals surface area contributed by atoms with Crippen LogP contribution in [0.3, 0.4) is 0 Å². The average molecular weight is 321 g/mol. The highest BCUT2D eigenvalue weighted by Crippen LogP contribution is 2.10. The molecule has 1 rings (SSSR count).